The zero-order chi connectivity index (χ0) is 41.7. The van der Waals surface area contributed by atoms with E-state index in [-0.39, 0.29) is 74.2 Å². The number of aromatic nitrogens is 1. The van der Waals surface area contributed by atoms with Crippen molar-refractivity contribution in [2.45, 2.75) is 155 Å². The lowest BCUT2D eigenvalue weighted by Crippen LogP contribution is -2.48. The Labute approximate surface area is 329 Å². The van der Waals surface area contributed by atoms with Gasteiger partial charge in [0.1, 0.15) is 22.3 Å². The normalized spacial score (nSPS) is 19.8. The molecular weight excluding hydrogens is 737 g/mol. The molecule has 2 fully saturated rings. The Morgan fingerprint density at radius 2 is 1.29 bits per heavy atom. The highest BCUT2D eigenvalue weighted by Gasteiger charge is 2.43. The van der Waals surface area contributed by atoms with E-state index in [0.717, 1.165) is 9.88 Å². The Morgan fingerprint density at radius 1 is 0.782 bits per heavy atom. The molecule has 0 aromatic carbocycles. The lowest BCUT2D eigenvalue weighted by atomic mass is 10.1. The van der Waals surface area contributed by atoms with Gasteiger partial charge in [0.25, 0.3) is 0 Å². The van der Waals surface area contributed by atoms with Crippen LogP contribution >= 0.6 is 11.3 Å². The predicted octanol–water partition coefficient (Wildman–Crippen LogP) is 5.15. The molecule has 3 amide bonds. The number of thiazole rings is 1. The molecule has 2 aliphatic rings. The van der Waals surface area contributed by atoms with Crippen LogP contribution in [0, 0.1) is 0 Å². The average molecular weight is 799 g/mol. The minimum absolute atomic E-state index is 0.0213. The van der Waals surface area contributed by atoms with Crippen molar-refractivity contribution in [2.24, 2.45) is 0 Å². The van der Waals surface area contributed by atoms with Crippen molar-refractivity contribution in [1.82, 2.24) is 20.1 Å². The molecule has 1 aromatic rings. The fourth-order valence-electron chi connectivity index (χ4n) is 5.74. The molecule has 0 bridgehead atoms. The van der Waals surface area contributed by atoms with Crippen LogP contribution in [0.2, 0.25) is 0 Å². The number of hydrogen-bond acceptors (Lipinski definition) is 14. The summed E-state index contributed by atoms with van der Waals surface area (Å²) in [5.41, 5.74) is -1.26. The van der Waals surface area contributed by atoms with E-state index >= 15 is 0 Å². The maximum atomic E-state index is 12.7. The van der Waals surface area contributed by atoms with Gasteiger partial charge in [-0.2, -0.15) is 0 Å². The second kappa shape index (κ2) is 21.5. The van der Waals surface area contributed by atoms with E-state index in [2.05, 4.69) is 19.8 Å². The summed E-state index contributed by atoms with van der Waals surface area (Å²) >= 11 is 1.52. The number of amides is 3. The van der Waals surface area contributed by atoms with Crippen LogP contribution in [0.4, 0.5) is 9.59 Å². The van der Waals surface area contributed by atoms with Gasteiger partial charge in [-0.25, -0.2) is 14.6 Å². The van der Waals surface area contributed by atoms with Gasteiger partial charge in [0.15, 0.2) is 5.78 Å². The van der Waals surface area contributed by atoms with Crippen molar-refractivity contribution in [3.05, 3.63) is 16.1 Å². The number of methoxy groups -OCH3 is 2. The summed E-state index contributed by atoms with van der Waals surface area (Å²) in [5.74, 6) is -1.48. The van der Waals surface area contributed by atoms with Crippen LogP contribution in [0.25, 0.3) is 0 Å². The quantitative estimate of drug-likeness (QED) is 0.192. The topological polar surface area (TPSA) is 189 Å². The lowest BCUT2D eigenvalue weighted by molar-refractivity contribution is -0.142. The molecule has 3 rings (SSSR count). The molecule has 1 N–H and O–H groups in total. The third-order valence-electron chi connectivity index (χ3n) is 7.97. The largest absolute Gasteiger partial charge is 0.469 e. The highest BCUT2D eigenvalue weighted by Crippen LogP contribution is 2.37. The van der Waals surface area contributed by atoms with Crippen molar-refractivity contribution in [2.75, 3.05) is 33.9 Å². The number of rotatable bonds is 14. The molecule has 0 unspecified atom stereocenters. The van der Waals surface area contributed by atoms with E-state index in [1.54, 1.807) is 31.9 Å². The van der Waals surface area contributed by atoms with E-state index < -0.39 is 35.2 Å². The molecular formula is C38H62N4O12S. The summed E-state index contributed by atoms with van der Waals surface area (Å²) in [7, 11) is 2.63. The first-order valence-corrected chi connectivity index (χ1v) is 19.5. The Bertz CT molecular complexity index is 1450. The monoisotopic (exact) mass is 798 g/mol. The summed E-state index contributed by atoms with van der Waals surface area (Å²) in [4.78, 5) is 80.6. The van der Waals surface area contributed by atoms with Crippen molar-refractivity contribution < 1.29 is 57.2 Å². The lowest BCUT2D eigenvalue weighted by Gasteiger charge is -2.27. The van der Waals surface area contributed by atoms with E-state index in [1.807, 2.05) is 48.5 Å². The van der Waals surface area contributed by atoms with Crippen LogP contribution in [0.1, 0.15) is 117 Å². The van der Waals surface area contributed by atoms with Gasteiger partial charge >= 0.3 is 24.1 Å². The van der Waals surface area contributed by atoms with Crippen LogP contribution in [-0.2, 0) is 54.0 Å². The first-order valence-electron chi connectivity index (χ1n) is 18.7. The number of carbonyl (C=O) groups is 6. The Balaban J connectivity index is 0.000000380. The molecule has 4 atom stereocenters. The molecule has 3 heterocycles. The maximum Gasteiger partial charge on any atom is 0.411 e. The molecule has 0 saturated carbocycles. The molecule has 1 aromatic heterocycles. The molecule has 2 saturated heterocycles. The predicted molar refractivity (Wildman–Crippen MR) is 203 cm³/mol. The molecule has 0 radical (unpaired) electrons. The number of nitrogens with zero attached hydrogens (tertiary/aromatic N) is 3. The second-order valence-corrected chi connectivity index (χ2v) is 17.1. The molecule has 0 spiro atoms. The molecule has 2 aliphatic heterocycles. The number of ether oxygens (including phenoxy) is 6. The van der Waals surface area contributed by atoms with Crippen molar-refractivity contribution >= 4 is 47.2 Å². The first-order chi connectivity index (χ1) is 25.5. The molecule has 17 heteroatoms. The fourth-order valence-corrected chi connectivity index (χ4v) is 6.79. The average Bonchev–Trinajstić information content (AvgIpc) is 3.82. The molecule has 0 aliphatic carbocycles. The summed E-state index contributed by atoms with van der Waals surface area (Å²) in [6.45, 7) is 19.0. The van der Waals surface area contributed by atoms with Gasteiger partial charge in [-0.05, 0) is 75.7 Å². The van der Waals surface area contributed by atoms with Gasteiger partial charge in [-0.15, -0.1) is 11.3 Å². The number of carbonyl (C=O) groups excluding carboxylic acids is 6. The number of nitrogens with one attached hydrogen (secondary N) is 1. The number of Topliss-reactive ketones (excluding diaryl/α,β-unsaturated/α-hetero) is 1. The van der Waals surface area contributed by atoms with E-state index in [9.17, 15) is 28.8 Å². The second-order valence-electron chi connectivity index (χ2n) is 16.0. The minimum atomic E-state index is -0.785. The minimum Gasteiger partial charge on any atom is -0.469 e. The highest BCUT2D eigenvalue weighted by molar-refractivity contribution is 7.11. The smallest absolute Gasteiger partial charge is 0.411 e. The third kappa shape index (κ3) is 17.2. The Hall–Kier alpha value is -3.83. The Kier molecular flexibility index (Phi) is 18.5. The summed E-state index contributed by atoms with van der Waals surface area (Å²) in [5, 5.41) is 3.39. The highest BCUT2D eigenvalue weighted by atomic mass is 32.1. The number of esters is 2. The van der Waals surface area contributed by atoms with Crippen molar-refractivity contribution in [3.8, 4) is 0 Å². The van der Waals surface area contributed by atoms with Crippen LogP contribution < -0.4 is 5.32 Å². The van der Waals surface area contributed by atoms with Crippen molar-refractivity contribution in [3.63, 3.8) is 0 Å². The molecule has 55 heavy (non-hydrogen) atoms. The van der Waals surface area contributed by atoms with Gasteiger partial charge in [0.2, 0.25) is 5.91 Å². The van der Waals surface area contributed by atoms with E-state index in [1.165, 1.54) is 30.5 Å². The van der Waals surface area contributed by atoms with Crippen molar-refractivity contribution in [1.29, 1.82) is 0 Å². The van der Waals surface area contributed by atoms with E-state index in [4.69, 9.17) is 18.9 Å². The number of likely N-dealkylation sites (tertiary alicyclic amines) is 2. The fraction of sp³-hybridized carbons (Fsp3) is 0.763. The number of aryl methyl sites for hydroxylation is 1. The third-order valence-corrected chi connectivity index (χ3v) is 9.13. The van der Waals surface area contributed by atoms with Crippen LogP contribution in [0.15, 0.2) is 6.20 Å². The molecule has 312 valence electrons. The zero-order valence-corrected chi connectivity index (χ0v) is 35.4. The van der Waals surface area contributed by atoms with Gasteiger partial charge in [0.05, 0.1) is 77.2 Å². The number of hydrogen-bond donors (Lipinski definition) is 1. The zero-order valence-electron chi connectivity index (χ0n) is 34.6. The SMILES string of the molecule is COC(=O)CCC(=O)CNC(=O)[C@@H]1C[C@H](OC(C)C)CN1C(=O)OC(C)(C)C.COC(=O)CCc1cnc([C@@H]2C[C@H](OC(C)C)CN2C(=O)OC(C)(C)C)s1. The van der Waals surface area contributed by atoms with Crippen LogP contribution in [0.5, 0.6) is 0 Å². The van der Waals surface area contributed by atoms with Crippen LogP contribution in [0.3, 0.4) is 0 Å². The van der Waals surface area contributed by atoms with Crippen LogP contribution in [-0.4, -0.2) is 126 Å². The van der Waals surface area contributed by atoms with Gasteiger partial charge in [-0.1, -0.05) is 0 Å². The maximum absolute atomic E-state index is 12.7. The first kappa shape index (κ1) is 47.3. The summed E-state index contributed by atoms with van der Waals surface area (Å²) in [6.07, 6.45) is 2.35. The van der Waals surface area contributed by atoms with E-state index in [0.29, 0.717) is 32.2 Å². The van der Waals surface area contributed by atoms with Gasteiger partial charge in [-0.3, -0.25) is 29.0 Å². The Morgan fingerprint density at radius 3 is 1.82 bits per heavy atom. The standard InChI is InChI=1S/C19H32N2O7.C19H30N2O5S/c1-12(2)27-14-9-15(21(11-14)18(25)28-19(3,4)5)17(24)20-10-13(22)7-8-16(23)26-6;1-12(2)25-13-9-15(21(11-13)18(23)26-19(3,4)5)17-20-10-14(27-17)7-8-16(22)24-6/h12,14-15H,7-11H2,1-6H3,(H,20,24);10,12-13,15H,7-9,11H2,1-6H3/t14-,15-;13-,15-/m00/s1. The summed E-state index contributed by atoms with van der Waals surface area (Å²) < 4.78 is 31.8. The molecule has 16 nitrogen and oxygen atoms in total. The summed E-state index contributed by atoms with van der Waals surface area (Å²) in [6, 6.07) is -0.965. The number of ketones is 1. The van der Waals surface area contributed by atoms with Gasteiger partial charge in [0, 0.05) is 30.3 Å². The van der Waals surface area contributed by atoms with Gasteiger partial charge < -0.3 is 33.7 Å².